The largest absolute Gasteiger partial charge is 0.397 e. The molecule has 0 saturated carbocycles. The number of anilines is 2. The molecule has 1 amide bonds. The Morgan fingerprint density at radius 3 is 2.82 bits per heavy atom. The van der Waals surface area contributed by atoms with Crippen LogP contribution in [0.3, 0.4) is 0 Å². The van der Waals surface area contributed by atoms with Crippen LogP contribution in [0.4, 0.5) is 10.8 Å². The first-order valence-corrected chi connectivity index (χ1v) is 11.8. The van der Waals surface area contributed by atoms with Crippen LogP contribution < -0.4 is 11.1 Å². The quantitative estimate of drug-likeness (QED) is 0.419. The van der Waals surface area contributed by atoms with E-state index in [4.69, 9.17) is 10.7 Å². The number of pyridine rings is 1. The number of aryl methyl sites for hydroxylation is 1. The summed E-state index contributed by atoms with van der Waals surface area (Å²) in [4.78, 5) is 24.5. The number of thiophene rings is 2. The predicted molar refractivity (Wildman–Crippen MR) is 119 cm³/mol. The Kier molecular flexibility index (Phi) is 4.62. The van der Waals surface area contributed by atoms with Crippen molar-refractivity contribution in [2.45, 2.75) is 32.1 Å². The van der Waals surface area contributed by atoms with E-state index in [0.717, 1.165) is 29.5 Å². The molecule has 0 fully saturated rings. The Morgan fingerprint density at radius 2 is 2.04 bits per heavy atom. The average molecular weight is 427 g/mol. The average Bonchev–Trinajstić information content (AvgIpc) is 3.41. The number of hydrogen-bond acceptors (Lipinski definition) is 7. The van der Waals surface area contributed by atoms with E-state index in [2.05, 4.69) is 27.8 Å². The van der Waals surface area contributed by atoms with Crippen LogP contribution in [0.15, 0.2) is 29.1 Å². The minimum Gasteiger partial charge on any atom is -0.397 e. The summed E-state index contributed by atoms with van der Waals surface area (Å²) >= 11 is 4.48. The van der Waals surface area contributed by atoms with Crippen molar-refractivity contribution in [3.8, 4) is 10.4 Å². The lowest BCUT2D eigenvalue weighted by molar-refractivity contribution is 0.103. The van der Waals surface area contributed by atoms with Gasteiger partial charge in [-0.1, -0.05) is 12.5 Å². The molecule has 0 atom stereocenters. The van der Waals surface area contributed by atoms with Crippen molar-refractivity contribution in [1.29, 1.82) is 0 Å². The number of nitrogen functional groups attached to an aromatic ring is 1. The summed E-state index contributed by atoms with van der Waals surface area (Å²) in [6.45, 7) is 0. The van der Waals surface area contributed by atoms with E-state index in [0.29, 0.717) is 15.7 Å². The SMILES string of the molecule is Nc1c(C(=O)Nc2nccs2)sc2nc3c(c(-c4cccs4)c12)CCCCC3. The van der Waals surface area contributed by atoms with E-state index in [1.165, 1.54) is 57.2 Å². The maximum atomic E-state index is 12.8. The van der Waals surface area contributed by atoms with E-state index in [-0.39, 0.29) is 5.91 Å². The summed E-state index contributed by atoms with van der Waals surface area (Å²) in [6, 6.07) is 4.20. The molecule has 0 unspecified atom stereocenters. The van der Waals surface area contributed by atoms with E-state index in [1.54, 1.807) is 17.5 Å². The van der Waals surface area contributed by atoms with Gasteiger partial charge in [0.05, 0.1) is 5.69 Å². The van der Waals surface area contributed by atoms with Gasteiger partial charge in [0, 0.05) is 33.1 Å². The van der Waals surface area contributed by atoms with Gasteiger partial charge in [-0.3, -0.25) is 10.1 Å². The van der Waals surface area contributed by atoms with Gasteiger partial charge in [0.2, 0.25) is 0 Å². The molecule has 4 heterocycles. The van der Waals surface area contributed by atoms with Gasteiger partial charge in [0.25, 0.3) is 5.91 Å². The number of nitrogens with one attached hydrogen (secondary N) is 1. The van der Waals surface area contributed by atoms with Crippen LogP contribution in [-0.2, 0) is 12.8 Å². The number of rotatable bonds is 3. The van der Waals surface area contributed by atoms with Gasteiger partial charge in [-0.2, -0.15) is 0 Å². The Labute approximate surface area is 174 Å². The number of hydrogen-bond donors (Lipinski definition) is 2. The van der Waals surface area contributed by atoms with Crippen LogP contribution in [0.2, 0.25) is 0 Å². The topological polar surface area (TPSA) is 80.9 Å². The second kappa shape index (κ2) is 7.27. The number of nitrogens with two attached hydrogens (primary N) is 1. The molecule has 5 rings (SSSR count). The highest BCUT2D eigenvalue weighted by Gasteiger charge is 2.25. The molecule has 3 N–H and O–H groups in total. The summed E-state index contributed by atoms with van der Waals surface area (Å²) in [7, 11) is 0. The number of fused-ring (bicyclic) bond motifs is 2. The van der Waals surface area contributed by atoms with Crippen LogP contribution in [-0.4, -0.2) is 15.9 Å². The smallest absolute Gasteiger partial charge is 0.269 e. The lowest BCUT2D eigenvalue weighted by Crippen LogP contribution is -2.11. The van der Waals surface area contributed by atoms with Crippen LogP contribution in [0.1, 0.15) is 40.2 Å². The second-order valence-electron chi connectivity index (χ2n) is 6.77. The second-order valence-corrected chi connectivity index (χ2v) is 9.61. The van der Waals surface area contributed by atoms with Crippen molar-refractivity contribution in [3.63, 3.8) is 0 Å². The van der Waals surface area contributed by atoms with Gasteiger partial charge in [0.1, 0.15) is 9.71 Å². The Balaban J connectivity index is 1.71. The van der Waals surface area contributed by atoms with Crippen LogP contribution in [0.5, 0.6) is 0 Å². The van der Waals surface area contributed by atoms with Crippen LogP contribution >= 0.6 is 34.0 Å². The fraction of sp³-hybridized carbons (Fsp3) is 0.250. The van der Waals surface area contributed by atoms with Crippen molar-refractivity contribution in [1.82, 2.24) is 9.97 Å². The van der Waals surface area contributed by atoms with E-state index in [1.807, 2.05) is 5.38 Å². The van der Waals surface area contributed by atoms with Crippen molar-refractivity contribution < 1.29 is 4.79 Å². The number of thiazole rings is 1. The molecule has 0 radical (unpaired) electrons. The van der Waals surface area contributed by atoms with E-state index in [9.17, 15) is 4.79 Å². The third-order valence-electron chi connectivity index (χ3n) is 5.03. The molecule has 0 bridgehead atoms. The number of carbonyl (C=O) groups is 1. The number of carbonyl (C=O) groups excluding carboxylic acids is 1. The highest BCUT2D eigenvalue weighted by molar-refractivity contribution is 7.21. The minimum absolute atomic E-state index is 0.220. The number of aromatic nitrogens is 2. The molecule has 0 spiro atoms. The first-order chi connectivity index (χ1) is 13.7. The lowest BCUT2D eigenvalue weighted by Gasteiger charge is -2.13. The van der Waals surface area contributed by atoms with Gasteiger partial charge in [-0.25, -0.2) is 9.97 Å². The van der Waals surface area contributed by atoms with Crippen LogP contribution in [0, 0.1) is 0 Å². The molecule has 142 valence electrons. The van der Waals surface area contributed by atoms with Gasteiger partial charge < -0.3 is 5.73 Å². The molecule has 8 heteroatoms. The first kappa shape index (κ1) is 17.8. The van der Waals surface area contributed by atoms with Gasteiger partial charge in [0.15, 0.2) is 5.13 Å². The summed E-state index contributed by atoms with van der Waals surface area (Å²) < 4.78 is 0. The summed E-state index contributed by atoms with van der Waals surface area (Å²) in [5.41, 5.74) is 10.7. The van der Waals surface area contributed by atoms with E-state index >= 15 is 0 Å². The third-order valence-corrected chi connectivity index (χ3v) is 7.70. The highest BCUT2D eigenvalue weighted by Crippen LogP contribution is 2.44. The van der Waals surface area contributed by atoms with Gasteiger partial charge >= 0.3 is 0 Å². The Morgan fingerprint density at radius 1 is 1.14 bits per heavy atom. The lowest BCUT2D eigenvalue weighted by atomic mass is 9.97. The monoisotopic (exact) mass is 426 g/mol. The minimum atomic E-state index is -0.220. The van der Waals surface area contributed by atoms with E-state index < -0.39 is 0 Å². The molecule has 0 saturated heterocycles. The molecule has 0 aromatic carbocycles. The fourth-order valence-electron chi connectivity index (χ4n) is 3.78. The Hall–Kier alpha value is -2.29. The zero-order valence-corrected chi connectivity index (χ0v) is 17.5. The third kappa shape index (κ3) is 3.01. The van der Waals surface area contributed by atoms with Crippen molar-refractivity contribution >= 4 is 61.0 Å². The molecule has 5 nitrogen and oxygen atoms in total. The zero-order chi connectivity index (χ0) is 19.1. The molecule has 4 aromatic heterocycles. The summed E-state index contributed by atoms with van der Waals surface area (Å²) in [6.07, 6.45) is 7.23. The normalized spacial score (nSPS) is 14.0. The van der Waals surface area contributed by atoms with Crippen molar-refractivity contribution in [2.75, 3.05) is 11.1 Å². The zero-order valence-electron chi connectivity index (χ0n) is 15.0. The van der Waals surface area contributed by atoms with Crippen molar-refractivity contribution in [3.05, 3.63) is 45.2 Å². The van der Waals surface area contributed by atoms with Crippen molar-refractivity contribution in [2.24, 2.45) is 0 Å². The standard InChI is InChI=1S/C20H18N4OS3/c21-16-15-14(13-7-4-9-26-13)11-5-2-1-3-6-12(11)23-19(15)28-17(16)18(25)24-20-22-8-10-27-20/h4,7-10H,1-3,5-6,21H2,(H,22,24,25). The molecule has 28 heavy (non-hydrogen) atoms. The maximum absolute atomic E-state index is 12.8. The summed E-state index contributed by atoms with van der Waals surface area (Å²) in [5, 5.41) is 8.27. The number of amides is 1. The fourth-order valence-corrected chi connectivity index (χ4v) is 6.13. The predicted octanol–water partition coefficient (Wildman–Crippen LogP) is 5.58. The molecule has 1 aliphatic carbocycles. The molecule has 1 aliphatic rings. The Bertz CT molecular complexity index is 1150. The van der Waals surface area contributed by atoms with Gasteiger partial charge in [-0.05, 0) is 42.7 Å². The first-order valence-electron chi connectivity index (χ1n) is 9.21. The van der Waals surface area contributed by atoms with Gasteiger partial charge in [-0.15, -0.1) is 34.0 Å². The summed E-state index contributed by atoms with van der Waals surface area (Å²) in [5.74, 6) is -0.220. The maximum Gasteiger partial charge on any atom is 0.269 e. The highest BCUT2D eigenvalue weighted by atomic mass is 32.1. The van der Waals surface area contributed by atoms with Crippen LogP contribution in [0.25, 0.3) is 20.7 Å². The molecule has 0 aliphatic heterocycles. The molecule has 4 aromatic rings. The number of nitrogens with zero attached hydrogens (tertiary/aromatic N) is 2. The molecular weight excluding hydrogens is 408 g/mol. The molecular formula is C20H18N4OS3.